The Morgan fingerprint density at radius 3 is 2.80 bits per heavy atom. The molecule has 3 aromatic rings. The number of halogens is 1. The number of benzene rings is 1. The third-order valence-electron chi connectivity index (χ3n) is 2.94. The average molecular weight is 333 g/mol. The van der Waals surface area contributed by atoms with Gasteiger partial charge < -0.3 is 9.09 Å². The molecule has 0 radical (unpaired) electrons. The van der Waals surface area contributed by atoms with Crippen LogP contribution in [-0.2, 0) is 13.0 Å². The first-order chi connectivity index (χ1) is 9.81. The second-order valence-corrected chi connectivity index (χ2v) is 5.34. The SMILES string of the molecule is Brc1ccc(-c2noc(CCCn3ccnc3)n2)cc1. The zero-order chi connectivity index (χ0) is 13.8. The van der Waals surface area contributed by atoms with E-state index in [2.05, 4.69) is 31.1 Å². The second kappa shape index (κ2) is 6.00. The maximum atomic E-state index is 5.27. The topological polar surface area (TPSA) is 56.7 Å². The molecule has 0 spiro atoms. The van der Waals surface area contributed by atoms with Gasteiger partial charge in [0.25, 0.3) is 0 Å². The molecule has 0 saturated heterocycles. The van der Waals surface area contributed by atoms with Gasteiger partial charge in [0, 0.05) is 35.4 Å². The van der Waals surface area contributed by atoms with Crippen molar-refractivity contribution in [3.63, 3.8) is 0 Å². The van der Waals surface area contributed by atoms with Crippen LogP contribution in [0.3, 0.4) is 0 Å². The number of aromatic nitrogens is 4. The minimum absolute atomic E-state index is 0.634. The molecular formula is C14H13BrN4O. The van der Waals surface area contributed by atoms with Crippen molar-refractivity contribution in [2.24, 2.45) is 0 Å². The average Bonchev–Trinajstić information content (AvgIpc) is 3.11. The summed E-state index contributed by atoms with van der Waals surface area (Å²) in [7, 11) is 0. The third-order valence-corrected chi connectivity index (χ3v) is 3.47. The van der Waals surface area contributed by atoms with Crippen LogP contribution in [0.2, 0.25) is 0 Å². The molecule has 0 saturated carbocycles. The number of hydrogen-bond donors (Lipinski definition) is 0. The minimum Gasteiger partial charge on any atom is -0.339 e. The molecule has 0 aliphatic carbocycles. The molecule has 102 valence electrons. The Balaban J connectivity index is 1.60. The lowest BCUT2D eigenvalue weighted by atomic mass is 10.2. The predicted octanol–water partition coefficient (Wildman–Crippen LogP) is 3.33. The fourth-order valence-corrected chi connectivity index (χ4v) is 2.17. The van der Waals surface area contributed by atoms with Gasteiger partial charge in [-0.05, 0) is 30.7 Å². The van der Waals surface area contributed by atoms with E-state index >= 15 is 0 Å². The maximum absolute atomic E-state index is 5.27. The molecule has 0 amide bonds. The van der Waals surface area contributed by atoms with E-state index in [9.17, 15) is 0 Å². The van der Waals surface area contributed by atoms with Crippen LogP contribution in [0.25, 0.3) is 11.4 Å². The fourth-order valence-electron chi connectivity index (χ4n) is 1.90. The Bertz CT molecular complexity index is 661. The molecule has 0 fully saturated rings. The van der Waals surface area contributed by atoms with Crippen molar-refractivity contribution in [1.82, 2.24) is 19.7 Å². The van der Waals surface area contributed by atoms with Crippen LogP contribution in [0.15, 0.2) is 52.0 Å². The van der Waals surface area contributed by atoms with E-state index in [-0.39, 0.29) is 0 Å². The van der Waals surface area contributed by atoms with Gasteiger partial charge in [0.15, 0.2) is 0 Å². The van der Waals surface area contributed by atoms with Crippen molar-refractivity contribution in [3.8, 4) is 11.4 Å². The number of hydrogen-bond acceptors (Lipinski definition) is 4. The largest absolute Gasteiger partial charge is 0.339 e. The van der Waals surface area contributed by atoms with Gasteiger partial charge in [-0.2, -0.15) is 4.98 Å². The number of imidazole rings is 1. The van der Waals surface area contributed by atoms with E-state index < -0.39 is 0 Å². The van der Waals surface area contributed by atoms with Gasteiger partial charge in [-0.25, -0.2) is 4.98 Å². The molecule has 5 nitrogen and oxygen atoms in total. The number of nitrogens with zero attached hydrogens (tertiary/aromatic N) is 4. The molecule has 0 aliphatic rings. The molecular weight excluding hydrogens is 320 g/mol. The van der Waals surface area contributed by atoms with Gasteiger partial charge in [0.05, 0.1) is 6.33 Å². The van der Waals surface area contributed by atoms with Crippen molar-refractivity contribution < 1.29 is 4.52 Å². The highest BCUT2D eigenvalue weighted by molar-refractivity contribution is 9.10. The van der Waals surface area contributed by atoms with Crippen molar-refractivity contribution in [2.75, 3.05) is 0 Å². The van der Waals surface area contributed by atoms with E-state index in [0.29, 0.717) is 11.7 Å². The summed E-state index contributed by atoms with van der Waals surface area (Å²) in [6, 6.07) is 7.85. The summed E-state index contributed by atoms with van der Waals surface area (Å²) in [5.74, 6) is 1.30. The molecule has 1 aromatic carbocycles. The molecule has 0 aliphatic heterocycles. The zero-order valence-electron chi connectivity index (χ0n) is 10.7. The van der Waals surface area contributed by atoms with Crippen molar-refractivity contribution in [2.45, 2.75) is 19.4 Å². The lowest BCUT2D eigenvalue weighted by Crippen LogP contribution is -1.96. The van der Waals surface area contributed by atoms with E-state index in [1.54, 1.807) is 12.5 Å². The Hall–Kier alpha value is -1.95. The van der Waals surface area contributed by atoms with E-state index in [1.807, 2.05) is 35.0 Å². The normalized spacial score (nSPS) is 10.8. The van der Waals surface area contributed by atoms with Gasteiger partial charge >= 0.3 is 0 Å². The summed E-state index contributed by atoms with van der Waals surface area (Å²) in [4.78, 5) is 8.42. The summed E-state index contributed by atoms with van der Waals surface area (Å²) in [6.07, 6.45) is 7.24. The Morgan fingerprint density at radius 2 is 2.05 bits per heavy atom. The van der Waals surface area contributed by atoms with Gasteiger partial charge in [-0.15, -0.1) is 0 Å². The highest BCUT2D eigenvalue weighted by atomic mass is 79.9. The first-order valence-corrected chi connectivity index (χ1v) is 7.15. The van der Waals surface area contributed by atoms with Crippen LogP contribution in [0, 0.1) is 0 Å². The third kappa shape index (κ3) is 3.14. The van der Waals surface area contributed by atoms with E-state index in [1.165, 1.54) is 0 Å². The predicted molar refractivity (Wildman–Crippen MR) is 78.0 cm³/mol. The molecule has 0 N–H and O–H groups in total. The molecule has 20 heavy (non-hydrogen) atoms. The number of rotatable bonds is 5. The standard InChI is InChI=1S/C14H13BrN4O/c15-12-5-3-11(4-6-12)14-17-13(20-18-14)2-1-8-19-9-7-16-10-19/h3-7,9-10H,1-2,8H2. The summed E-state index contributed by atoms with van der Waals surface area (Å²) in [5.41, 5.74) is 0.956. The molecule has 0 atom stereocenters. The smallest absolute Gasteiger partial charge is 0.227 e. The highest BCUT2D eigenvalue weighted by Gasteiger charge is 2.08. The highest BCUT2D eigenvalue weighted by Crippen LogP contribution is 2.19. The Kier molecular flexibility index (Phi) is 3.92. The van der Waals surface area contributed by atoms with Crippen LogP contribution in [0.5, 0.6) is 0 Å². The van der Waals surface area contributed by atoms with E-state index in [0.717, 1.165) is 29.4 Å². The van der Waals surface area contributed by atoms with Gasteiger partial charge in [0.2, 0.25) is 11.7 Å². The molecule has 3 rings (SSSR count). The quantitative estimate of drug-likeness (QED) is 0.719. The molecule has 2 heterocycles. The van der Waals surface area contributed by atoms with Crippen molar-refractivity contribution in [3.05, 3.63) is 53.3 Å². The van der Waals surface area contributed by atoms with Crippen LogP contribution in [-0.4, -0.2) is 19.7 Å². The van der Waals surface area contributed by atoms with Crippen LogP contribution in [0.4, 0.5) is 0 Å². The van der Waals surface area contributed by atoms with Crippen LogP contribution in [0.1, 0.15) is 12.3 Å². The van der Waals surface area contributed by atoms with Crippen LogP contribution >= 0.6 is 15.9 Å². The van der Waals surface area contributed by atoms with E-state index in [4.69, 9.17) is 4.52 Å². The van der Waals surface area contributed by atoms with Crippen LogP contribution < -0.4 is 0 Å². The van der Waals surface area contributed by atoms with Crippen molar-refractivity contribution in [1.29, 1.82) is 0 Å². The molecule has 0 bridgehead atoms. The second-order valence-electron chi connectivity index (χ2n) is 4.42. The lowest BCUT2D eigenvalue weighted by Gasteiger charge is -1.98. The molecule has 2 aromatic heterocycles. The number of aryl methyl sites for hydroxylation is 2. The Labute approximate surface area is 124 Å². The summed E-state index contributed by atoms with van der Waals surface area (Å²) in [5, 5.41) is 4.01. The van der Waals surface area contributed by atoms with Gasteiger partial charge in [0.1, 0.15) is 0 Å². The van der Waals surface area contributed by atoms with Gasteiger partial charge in [-0.3, -0.25) is 0 Å². The first kappa shape index (κ1) is 13.1. The molecule has 0 unspecified atom stereocenters. The minimum atomic E-state index is 0.634. The Morgan fingerprint density at radius 1 is 1.20 bits per heavy atom. The summed E-state index contributed by atoms with van der Waals surface area (Å²) < 4.78 is 8.34. The molecule has 6 heteroatoms. The van der Waals surface area contributed by atoms with Crippen molar-refractivity contribution >= 4 is 15.9 Å². The monoisotopic (exact) mass is 332 g/mol. The summed E-state index contributed by atoms with van der Waals surface area (Å²) in [6.45, 7) is 0.899. The first-order valence-electron chi connectivity index (χ1n) is 6.35. The maximum Gasteiger partial charge on any atom is 0.227 e. The lowest BCUT2D eigenvalue weighted by molar-refractivity contribution is 0.373. The van der Waals surface area contributed by atoms with Gasteiger partial charge in [-0.1, -0.05) is 21.1 Å². The zero-order valence-corrected chi connectivity index (χ0v) is 12.3. The summed E-state index contributed by atoms with van der Waals surface area (Å²) >= 11 is 3.40. The fraction of sp³-hybridized carbons (Fsp3) is 0.214.